The molecule has 0 saturated heterocycles. The number of nitrogens with two attached hydrogens (primary N) is 1. The van der Waals surface area contributed by atoms with Crippen molar-refractivity contribution in [1.82, 2.24) is 4.98 Å². The third-order valence-electron chi connectivity index (χ3n) is 1.10. The molecule has 0 aromatic carbocycles. The Labute approximate surface area is 71.6 Å². The zero-order valence-corrected chi connectivity index (χ0v) is 6.77. The summed E-state index contributed by atoms with van der Waals surface area (Å²) in [6.45, 7) is 0. The highest BCUT2D eigenvalue weighted by Gasteiger charge is 1.92. The summed E-state index contributed by atoms with van der Waals surface area (Å²) in [5, 5.41) is 6.97. The minimum Gasteiger partial charge on any atom is -0.387 e. The fourth-order valence-electron chi connectivity index (χ4n) is 0.698. The summed E-state index contributed by atoms with van der Waals surface area (Å²) in [5.41, 5.74) is 6.01. The molecule has 60 valence electrons. The Morgan fingerprint density at radius 1 is 1.55 bits per heavy atom. The summed E-state index contributed by atoms with van der Waals surface area (Å²) in [6, 6.07) is 5.57. The van der Waals surface area contributed by atoms with Crippen molar-refractivity contribution in [3.8, 4) is 0 Å². The van der Waals surface area contributed by atoms with E-state index < -0.39 is 0 Å². The Bertz CT molecular complexity index is 222. The fourth-order valence-corrected chi connectivity index (χ4v) is 0.698. The van der Waals surface area contributed by atoms with Crippen LogP contribution >= 0.6 is 12.4 Å². The van der Waals surface area contributed by atoms with Gasteiger partial charge in [-0.25, -0.2) is 0 Å². The third kappa shape index (κ3) is 3.57. The first kappa shape index (κ1) is 9.91. The smallest absolute Gasteiger partial charge is 0.0966 e. The number of hydrogen-bond acceptors (Lipinski definition) is 2. The van der Waals surface area contributed by atoms with E-state index in [9.17, 15) is 0 Å². The maximum absolute atomic E-state index is 6.97. The molecule has 0 amide bonds. The van der Waals surface area contributed by atoms with Crippen molar-refractivity contribution in [3.63, 3.8) is 0 Å². The molecule has 0 aliphatic heterocycles. The number of hydrogen-bond donors (Lipinski definition) is 2. The number of nitrogens with one attached hydrogen (secondary N) is 1. The minimum absolute atomic E-state index is 0. The molecule has 1 rings (SSSR count). The van der Waals surface area contributed by atoms with Gasteiger partial charge in [-0.2, -0.15) is 0 Å². The van der Waals surface area contributed by atoms with Crippen LogP contribution in [0.25, 0.3) is 0 Å². The zero-order chi connectivity index (χ0) is 7.40. The van der Waals surface area contributed by atoms with Gasteiger partial charge in [-0.3, -0.25) is 10.4 Å². The highest BCUT2D eigenvalue weighted by atomic mass is 35.5. The molecule has 0 unspecified atom stereocenters. The quantitative estimate of drug-likeness (QED) is 0.515. The minimum atomic E-state index is 0. The van der Waals surface area contributed by atoms with Crippen LogP contribution in [0.4, 0.5) is 0 Å². The van der Waals surface area contributed by atoms with Crippen molar-refractivity contribution in [1.29, 1.82) is 5.41 Å². The van der Waals surface area contributed by atoms with Crippen LogP contribution in [0, 0.1) is 5.41 Å². The molecule has 1 aromatic heterocycles. The second-order valence-corrected chi connectivity index (χ2v) is 2.02. The van der Waals surface area contributed by atoms with Gasteiger partial charge in [0.25, 0.3) is 0 Å². The van der Waals surface area contributed by atoms with Crippen LogP contribution in [0.3, 0.4) is 0 Å². The molecule has 11 heavy (non-hydrogen) atoms. The van der Waals surface area contributed by atoms with Crippen LogP contribution in [0.15, 0.2) is 24.4 Å². The van der Waals surface area contributed by atoms with E-state index in [4.69, 9.17) is 11.1 Å². The van der Waals surface area contributed by atoms with E-state index in [2.05, 4.69) is 4.98 Å². The summed E-state index contributed by atoms with van der Waals surface area (Å²) in [7, 11) is 0. The molecule has 1 heterocycles. The van der Waals surface area contributed by atoms with Crippen LogP contribution in [0.2, 0.25) is 0 Å². The zero-order valence-electron chi connectivity index (χ0n) is 5.95. The molecule has 4 heteroatoms. The second kappa shape index (κ2) is 4.68. The Balaban J connectivity index is 0.000001000. The van der Waals surface area contributed by atoms with Crippen molar-refractivity contribution in [2.45, 2.75) is 6.42 Å². The lowest BCUT2D eigenvalue weighted by Crippen LogP contribution is -2.13. The fraction of sp³-hybridized carbons (Fsp3) is 0.143. The maximum atomic E-state index is 6.97. The average molecular weight is 172 g/mol. The summed E-state index contributed by atoms with van der Waals surface area (Å²) in [5.74, 6) is 0.152. The van der Waals surface area contributed by atoms with E-state index in [1.165, 1.54) is 0 Å². The number of pyridine rings is 1. The molecule has 0 aliphatic carbocycles. The van der Waals surface area contributed by atoms with E-state index in [1.807, 2.05) is 18.2 Å². The van der Waals surface area contributed by atoms with E-state index in [0.717, 1.165) is 5.69 Å². The standard InChI is InChI=1S/C7H9N3.ClH/c8-7(9)5-6-3-1-2-4-10-6;/h1-4H,5H2,(H3,8,9);1H. The molecular formula is C7H10ClN3. The van der Waals surface area contributed by atoms with Gasteiger partial charge in [-0.05, 0) is 12.1 Å². The molecule has 0 bridgehead atoms. The first-order valence-corrected chi connectivity index (χ1v) is 3.02. The molecule has 0 saturated carbocycles. The number of halogens is 1. The highest BCUT2D eigenvalue weighted by Crippen LogP contribution is 1.92. The van der Waals surface area contributed by atoms with Gasteiger partial charge in [0, 0.05) is 18.3 Å². The lowest BCUT2D eigenvalue weighted by molar-refractivity contribution is 1.12. The normalized spacial score (nSPS) is 8.36. The average Bonchev–Trinajstić information content (AvgIpc) is 1.88. The van der Waals surface area contributed by atoms with Gasteiger partial charge >= 0.3 is 0 Å². The van der Waals surface area contributed by atoms with Crippen molar-refractivity contribution >= 4 is 18.2 Å². The molecule has 0 aliphatic rings. The van der Waals surface area contributed by atoms with Crippen LogP contribution in [0.5, 0.6) is 0 Å². The van der Waals surface area contributed by atoms with Crippen LogP contribution < -0.4 is 5.73 Å². The Morgan fingerprint density at radius 3 is 2.73 bits per heavy atom. The SMILES string of the molecule is Cl.N=C(N)Cc1ccccn1. The molecule has 3 N–H and O–H groups in total. The van der Waals surface area contributed by atoms with Crippen molar-refractivity contribution < 1.29 is 0 Å². The first-order valence-electron chi connectivity index (χ1n) is 3.02. The Hall–Kier alpha value is -1.09. The predicted octanol–water partition coefficient (Wildman–Crippen LogP) is 0.982. The summed E-state index contributed by atoms with van der Waals surface area (Å²) >= 11 is 0. The lowest BCUT2D eigenvalue weighted by atomic mass is 10.2. The number of aromatic nitrogens is 1. The van der Waals surface area contributed by atoms with Gasteiger partial charge in [-0.15, -0.1) is 12.4 Å². The van der Waals surface area contributed by atoms with Crippen LogP contribution in [0.1, 0.15) is 5.69 Å². The number of nitrogens with zero attached hydrogens (tertiary/aromatic N) is 1. The van der Waals surface area contributed by atoms with E-state index >= 15 is 0 Å². The Kier molecular flexibility index (Phi) is 4.22. The van der Waals surface area contributed by atoms with Crippen molar-refractivity contribution in [2.24, 2.45) is 5.73 Å². The topological polar surface area (TPSA) is 62.8 Å². The monoisotopic (exact) mass is 171 g/mol. The second-order valence-electron chi connectivity index (χ2n) is 2.02. The van der Waals surface area contributed by atoms with Gasteiger partial charge in [0.05, 0.1) is 5.84 Å². The van der Waals surface area contributed by atoms with Crippen LogP contribution in [-0.2, 0) is 6.42 Å². The van der Waals surface area contributed by atoms with Crippen molar-refractivity contribution in [2.75, 3.05) is 0 Å². The first-order chi connectivity index (χ1) is 4.79. The van der Waals surface area contributed by atoms with Gasteiger partial charge in [0.2, 0.25) is 0 Å². The van der Waals surface area contributed by atoms with Gasteiger partial charge in [0.1, 0.15) is 0 Å². The largest absolute Gasteiger partial charge is 0.387 e. The number of amidine groups is 1. The van der Waals surface area contributed by atoms with E-state index in [1.54, 1.807) is 6.20 Å². The summed E-state index contributed by atoms with van der Waals surface area (Å²) in [4.78, 5) is 4.00. The molecule has 0 fully saturated rings. The molecular weight excluding hydrogens is 162 g/mol. The molecule has 0 radical (unpaired) electrons. The molecule has 0 atom stereocenters. The molecule has 1 aromatic rings. The van der Waals surface area contributed by atoms with Crippen molar-refractivity contribution in [3.05, 3.63) is 30.1 Å². The third-order valence-corrected chi connectivity index (χ3v) is 1.10. The maximum Gasteiger partial charge on any atom is 0.0966 e. The molecule has 0 spiro atoms. The van der Waals surface area contributed by atoms with E-state index in [-0.39, 0.29) is 18.2 Å². The number of rotatable bonds is 2. The summed E-state index contributed by atoms with van der Waals surface area (Å²) in [6.07, 6.45) is 2.14. The van der Waals surface area contributed by atoms with Gasteiger partial charge < -0.3 is 5.73 Å². The summed E-state index contributed by atoms with van der Waals surface area (Å²) < 4.78 is 0. The highest BCUT2D eigenvalue weighted by molar-refractivity contribution is 5.85. The Morgan fingerprint density at radius 2 is 2.27 bits per heavy atom. The van der Waals surface area contributed by atoms with E-state index in [0.29, 0.717) is 6.42 Å². The lowest BCUT2D eigenvalue weighted by Gasteiger charge is -1.94. The van der Waals surface area contributed by atoms with Gasteiger partial charge in [-0.1, -0.05) is 6.07 Å². The predicted molar refractivity (Wildman–Crippen MR) is 47.1 cm³/mol. The van der Waals surface area contributed by atoms with Gasteiger partial charge in [0.15, 0.2) is 0 Å². The molecule has 3 nitrogen and oxygen atoms in total. The van der Waals surface area contributed by atoms with Crippen LogP contribution in [-0.4, -0.2) is 10.8 Å².